The van der Waals surface area contributed by atoms with E-state index in [1.54, 1.807) is 39.0 Å². The monoisotopic (exact) mass is 591 g/mol. The average molecular weight is 591 g/mol. The maximum Gasteiger partial charge on any atom is -1.00 e. The summed E-state index contributed by atoms with van der Waals surface area (Å²) in [6.07, 6.45) is 8.07. The molecule has 2 aliphatic carbocycles. The Balaban J connectivity index is 0.00000112. The number of hydrogen-bond donors (Lipinski definition) is 0. The predicted molar refractivity (Wildman–Crippen MR) is 111 cm³/mol. The molecule has 1 atom stereocenters. The fourth-order valence-corrected chi connectivity index (χ4v) is 12.7. The van der Waals surface area contributed by atoms with Gasteiger partial charge in [0.1, 0.15) is 0 Å². The van der Waals surface area contributed by atoms with Gasteiger partial charge in [-0.15, -0.1) is 0 Å². The quantitative estimate of drug-likeness (QED) is 0.411. The third kappa shape index (κ3) is 2.71. The number of fused-ring (bicyclic) bond motifs is 5. The van der Waals surface area contributed by atoms with Crippen molar-refractivity contribution in [3.05, 3.63) is 64.2 Å². The Kier molecular flexibility index (Phi) is 6.12. The Labute approximate surface area is 197 Å². The second kappa shape index (κ2) is 7.69. The Hall–Kier alpha value is -0.413. The fraction of sp³-hybridized carbons (Fsp3) is 0.333. The van der Waals surface area contributed by atoms with E-state index in [1.807, 2.05) is 10.4 Å². The second-order valence-electron chi connectivity index (χ2n) is 8.18. The van der Waals surface area contributed by atoms with Crippen molar-refractivity contribution >= 4 is 24.0 Å². The topological polar surface area (TPSA) is 0 Å². The first kappa shape index (κ1) is 22.3. The zero-order chi connectivity index (χ0) is 18.2. The van der Waals surface area contributed by atoms with Crippen molar-refractivity contribution < 1.29 is 49.2 Å². The van der Waals surface area contributed by atoms with Gasteiger partial charge in [-0.3, -0.25) is 0 Å². The molecule has 0 N–H and O–H groups in total. The third-order valence-corrected chi connectivity index (χ3v) is 14.4. The van der Waals surface area contributed by atoms with E-state index in [4.69, 9.17) is 0 Å². The molecule has 0 fully saturated rings. The second-order valence-corrected chi connectivity index (χ2v) is 14.8. The summed E-state index contributed by atoms with van der Waals surface area (Å²) in [5.41, 5.74) is 12.9. The first-order chi connectivity index (χ1) is 12.5. The summed E-state index contributed by atoms with van der Waals surface area (Å²) < 4.78 is 0.654. The molecule has 1 heterocycles. The van der Waals surface area contributed by atoms with Crippen LogP contribution in [0.1, 0.15) is 51.8 Å². The van der Waals surface area contributed by atoms with Crippen LogP contribution in [0.3, 0.4) is 0 Å². The van der Waals surface area contributed by atoms with Crippen molar-refractivity contribution in [2.75, 3.05) is 0 Å². The Morgan fingerprint density at radius 1 is 1.04 bits per heavy atom. The molecule has 5 rings (SSSR count). The molecular weight excluding hydrogens is 566 g/mol. The summed E-state index contributed by atoms with van der Waals surface area (Å²) in [4.78, 5) is 0. The van der Waals surface area contributed by atoms with E-state index in [9.17, 15) is 0 Å². The van der Waals surface area contributed by atoms with Gasteiger partial charge in [-0.1, -0.05) is 0 Å². The van der Waals surface area contributed by atoms with Gasteiger partial charge in [-0.25, -0.2) is 0 Å². The van der Waals surface area contributed by atoms with Crippen LogP contribution in [-0.4, -0.2) is 8.07 Å². The molecule has 0 nitrogen and oxygen atoms in total. The SMILES string of the molecule is CC[Si]1(CC)c2c(C)c(C3=CC=CC3)c3c(c21)-c1ccc(C)cc1[CH]3[Hf+2].[Cl-].[Cl-]. The minimum absolute atomic E-state index is 0. The molecule has 0 spiro atoms. The zero-order valence-corrected chi connectivity index (χ0v) is 23.0. The van der Waals surface area contributed by atoms with Crippen molar-refractivity contribution in [1.29, 1.82) is 0 Å². The zero-order valence-electron chi connectivity index (χ0n) is 16.9. The van der Waals surface area contributed by atoms with E-state index in [-0.39, 0.29) is 24.8 Å². The molecule has 0 radical (unpaired) electrons. The Bertz CT molecular complexity index is 1030. The van der Waals surface area contributed by atoms with Crippen molar-refractivity contribution in [1.82, 2.24) is 0 Å². The standard InChI is InChI=1S/C24H25Si.2ClH.Hf/c1-5-25(6-2)23-16(4)21(17-9-7-8-10-17)20-14-18-13-15(3)11-12-19(18)22(20)24(23)25;;;/h7-9,11-14H,5-6,10H2,1-4H3;2*1H;/q;;;+2/p-2. The van der Waals surface area contributed by atoms with Crippen LogP contribution in [0.5, 0.6) is 0 Å². The largest absolute Gasteiger partial charge is 1.00 e. The molecule has 1 unspecified atom stereocenters. The van der Waals surface area contributed by atoms with Gasteiger partial charge >= 0.3 is 174 Å². The van der Waals surface area contributed by atoms with E-state index in [0.29, 0.717) is 3.67 Å². The molecule has 0 saturated heterocycles. The molecule has 2 aromatic rings. The molecule has 0 amide bonds. The number of rotatable bonds is 3. The van der Waals surface area contributed by atoms with Gasteiger partial charge in [0.05, 0.1) is 0 Å². The van der Waals surface area contributed by atoms with E-state index in [1.165, 1.54) is 42.0 Å². The average Bonchev–Trinajstić information content (AvgIpc) is 2.91. The molecular formula is C24H25Cl2HfSi. The van der Waals surface area contributed by atoms with E-state index >= 15 is 0 Å². The van der Waals surface area contributed by atoms with Crippen LogP contribution < -0.4 is 35.2 Å². The molecule has 1 aliphatic heterocycles. The molecule has 2 aromatic carbocycles. The number of hydrogen-bond acceptors (Lipinski definition) is 0. The summed E-state index contributed by atoms with van der Waals surface area (Å²) >= 11 is 1.20. The van der Waals surface area contributed by atoms with Crippen LogP contribution in [0.25, 0.3) is 16.7 Å². The summed E-state index contributed by atoms with van der Waals surface area (Å²) in [5, 5.41) is 3.67. The van der Waals surface area contributed by atoms with Gasteiger partial charge in [-0.05, 0) is 0 Å². The van der Waals surface area contributed by atoms with Gasteiger partial charge in [0.15, 0.2) is 0 Å². The molecule has 0 saturated carbocycles. The fourth-order valence-electron chi connectivity index (χ4n) is 5.73. The van der Waals surface area contributed by atoms with Crippen molar-refractivity contribution in [2.45, 2.75) is 49.9 Å². The molecule has 28 heavy (non-hydrogen) atoms. The van der Waals surface area contributed by atoms with Crippen LogP contribution in [0.4, 0.5) is 0 Å². The Morgan fingerprint density at radius 3 is 2.36 bits per heavy atom. The van der Waals surface area contributed by atoms with Crippen molar-refractivity contribution in [2.24, 2.45) is 0 Å². The van der Waals surface area contributed by atoms with E-state index in [0.717, 1.165) is 6.42 Å². The van der Waals surface area contributed by atoms with Crippen LogP contribution in [0.15, 0.2) is 36.4 Å². The summed E-state index contributed by atoms with van der Waals surface area (Å²) in [7, 11) is -1.37. The molecule has 3 aliphatic rings. The first-order valence-electron chi connectivity index (χ1n) is 9.94. The summed E-state index contributed by atoms with van der Waals surface area (Å²) in [6, 6.07) is 9.99. The Morgan fingerprint density at radius 2 is 1.75 bits per heavy atom. The third-order valence-electron chi connectivity index (χ3n) is 7.06. The number of allylic oxidation sites excluding steroid dienone is 4. The van der Waals surface area contributed by atoms with E-state index in [2.05, 4.69) is 64.1 Å². The van der Waals surface area contributed by atoms with Gasteiger partial charge < -0.3 is 24.8 Å². The van der Waals surface area contributed by atoms with Gasteiger partial charge in [0.2, 0.25) is 0 Å². The van der Waals surface area contributed by atoms with Gasteiger partial charge in [0.25, 0.3) is 0 Å². The molecule has 0 bridgehead atoms. The molecule has 143 valence electrons. The van der Waals surface area contributed by atoms with E-state index < -0.39 is 8.07 Å². The summed E-state index contributed by atoms with van der Waals surface area (Å²) in [6.45, 7) is 9.58. The number of aryl methyl sites for hydroxylation is 1. The molecule has 4 heteroatoms. The van der Waals surface area contributed by atoms with Crippen LogP contribution in [0.2, 0.25) is 12.1 Å². The number of benzene rings is 2. The van der Waals surface area contributed by atoms with Crippen LogP contribution >= 0.6 is 0 Å². The van der Waals surface area contributed by atoms with Crippen molar-refractivity contribution in [3.8, 4) is 11.1 Å². The number of halogens is 2. The summed E-state index contributed by atoms with van der Waals surface area (Å²) in [5.74, 6) is 0. The first-order valence-corrected chi connectivity index (χ1v) is 14.4. The minimum Gasteiger partial charge on any atom is -1.00 e. The molecule has 0 aromatic heterocycles. The smallest absolute Gasteiger partial charge is 1.00 e. The van der Waals surface area contributed by atoms with Gasteiger partial charge in [-0.2, -0.15) is 0 Å². The van der Waals surface area contributed by atoms with Crippen LogP contribution in [-0.2, 0) is 24.4 Å². The minimum atomic E-state index is -1.37. The maximum atomic E-state index is 2.48. The van der Waals surface area contributed by atoms with Crippen molar-refractivity contribution in [3.63, 3.8) is 0 Å². The van der Waals surface area contributed by atoms with Crippen LogP contribution in [0, 0.1) is 13.8 Å². The normalized spacial score (nSPS) is 19.2. The predicted octanol–water partition coefficient (Wildman–Crippen LogP) is -0.812. The maximum absolute atomic E-state index is 2.48. The van der Waals surface area contributed by atoms with Gasteiger partial charge in [0, 0.05) is 0 Å².